The number of likely N-dealkylation sites (tertiary alicyclic amines) is 1. The molecule has 2 N–H and O–H groups in total. The maximum atomic E-state index is 11.6. The SMILES string of the molecule is CC1OC2(CCN(CCc3c[nH]c4ccccc34)CC2)CNC1=O. The number of aromatic amines is 1. The summed E-state index contributed by atoms with van der Waals surface area (Å²) in [6.07, 6.45) is 4.86. The van der Waals surface area contributed by atoms with Crippen LogP contribution < -0.4 is 5.32 Å². The van der Waals surface area contributed by atoms with E-state index in [0.29, 0.717) is 6.54 Å². The second-order valence-electron chi connectivity index (χ2n) is 7.11. The standard InChI is InChI=1S/C19H25N3O2/c1-14-18(23)21-13-19(24-14)7-10-22(11-8-19)9-6-15-12-20-17-5-3-2-4-16(15)17/h2-5,12,14,20H,6-11,13H2,1H3,(H,21,23). The predicted molar refractivity (Wildman–Crippen MR) is 94.0 cm³/mol. The van der Waals surface area contributed by atoms with E-state index >= 15 is 0 Å². The van der Waals surface area contributed by atoms with Crippen molar-refractivity contribution in [2.45, 2.75) is 37.9 Å². The molecule has 1 atom stereocenters. The number of H-pyrrole nitrogens is 1. The minimum absolute atomic E-state index is 0.0161. The van der Waals surface area contributed by atoms with Crippen LogP contribution in [0, 0.1) is 0 Å². The molecule has 0 saturated carbocycles. The molecule has 128 valence electrons. The van der Waals surface area contributed by atoms with Crippen molar-refractivity contribution < 1.29 is 9.53 Å². The van der Waals surface area contributed by atoms with E-state index in [1.807, 2.05) is 6.92 Å². The third-order valence-corrected chi connectivity index (χ3v) is 5.52. The third-order valence-electron chi connectivity index (χ3n) is 5.52. The molecule has 1 aromatic carbocycles. The zero-order chi connectivity index (χ0) is 16.6. The number of ether oxygens (including phenoxy) is 1. The van der Waals surface area contributed by atoms with Gasteiger partial charge in [0.1, 0.15) is 6.10 Å². The van der Waals surface area contributed by atoms with Crippen molar-refractivity contribution in [3.05, 3.63) is 36.0 Å². The van der Waals surface area contributed by atoms with Crippen LogP contribution >= 0.6 is 0 Å². The molecule has 2 aromatic rings. The fourth-order valence-corrected chi connectivity index (χ4v) is 3.96. The Morgan fingerprint density at radius 1 is 1.29 bits per heavy atom. The van der Waals surface area contributed by atoms with Crippen molar-refractivity contribution in [1.29, 1.82) is 0 Å². The normalized spacial score (nSPS) is 24.4. The molecule has 2 saturated heterocycles. The van der Waals surface area contributed by atoms with Gasteiger partial charge < -0.3 is 19.9 Å². The molecule has 1 unspecified atom stereocenters. The summed E-state index contributed by atoms with van der Waals surface area (Å²) in [7, 11) is 0. The number of nitrogens with zero attached hydrogens (tertiary/aromatic N) is 1. The first-order valence-electron chi connectivity index (χ1n) is 8.88. The lowest BCUT2D eigenvalue weighted by Gasteiger charge is -2.45. The Kier molecular flexibility index (Phi) is 4.06. The highest BCUT2D eigenvalue weighted by molar-refractivity contribution is 5.83. The number of rotatable bonds is 3. The Hall–Kier alpha value is -1.85. The Morgan fingerprint density at radius 3 is 2.88 bits per heavy atom. The van der Waals surface area contributed by atoms with Crippen molar-refractivity contribution >= 4 is 16.8 Å². The highest BCUT2D eigenvalue weighted by Crippen LogP contribution is 2.30. The summed E-state index contributed by atoms with van der Waals surface area (Å²) in [5.74, 6) is 0.0161. The van der Waals surface area contributed by atoms with Crippen LogP contribution in [0.1, 0.15) is 25.3 Å². The van der Waals surface area contributed by atoms with Gasteiger partial charge in [0.05, 0.1) is 5.60 Å². The number of hydrogen-bond donors (Lipinski definition) is 2. The summed E-state index contributed by atoms with van der Waals surface area (Å²) < 4.78 is 6.04. The summed E-state index contributed by atoms with van der Waals surface area (Å²) in [4.78, 5) is 17.4. The molecule has 0 radical (unpaired) electrons. The number of hydrogen-bond acceptors (Lipinski definition) is 3. The lowest BCUT2D eigenvalue weighted by Crippen LogP contribution is -2.60. The number of fused-ring (bicyclic) bond motifs is 1. The first-order chi connectivity index (χ1) is 11.7. The average Bonchev–Trinajstić information content (AvgIpc) is 3.02. The summed E-state index contributed by atoms with van der Waals surface area (Å²) in [6.45, 7) is 5.64. The Morgan fingerprint density at radius 2 is 2.08 bits per heavy atom. The van der Waals surface area contributed by atoms with Crippen molar-refractivity contribution in [2.24, 2.45) is 0 Å². The fraction of sp³-hybridized carbons (Fsp3) is 0.526. The molecule has 0 aliphatic carbocycles. The quantitative estimate of drug-likeness (QED) is 0.907. The van der Waals surface area contributed by atoms with E-state index in [0.717, 1.165) is 38.9 Å². The molecule has 2 aliphatic rings. The maximum Gasteiger partial charge on any atom is 0.248 e. The van der Waals surface area contributed by atoms with Gasteiger partial charge in [0, 0.05) is 43.3 Å². The number of piperidine rings is 1. The van der Waals surface area contributed by atoms with Gasteiger partial charge in [-0.2, -0.15) is 0 Å². The third kappa shape index (κ3) is 2.94. The van der Waals surface area contributed by atoms with Gasteiger partial charge in [-0.15, -0.1) is 0 Å². The zero-order valence-corrected chi connectivity index (χ0v) is 14.2. The van der Waals surface area contributed by atoms with E-state index in [2.05, 4.69) is 45.7 Å². The number of amides is 1. The largest absolute Gasteiger partial charge is 0.361 e. The molecule has 1 spiro atoms. The Labute approximate surface area is 142 Å². The molecule has 1 aromatic heterocycles. The first-order valence-corrected chi connectivity index (χ1v) is 8.88. The number of carbonyl (C=O) groups excluding carboxylic acids is 1. The van der Waals surface area contributed by atoms with Gasteiger partial charge in [0.2, 0.25) is 5.91 Å². The zero-order valence-electron chi connectivity index (χ0n) is 14.2. The lowest BCUT2D eigenvalue weighted by molar-refractivity contribution is -0.167. The lowest BCUT2D eigenvalue weighted by atomic mass is 9.89. The van der Waals surface area contributed by atoms with Gasteiger partial charge in [-0.3, -0.25) is 4.79 Å². The summed E-state index contributed by atoms with van der Waals surface area (Å²) >= 11 is 0. The van der Waals surface area contributed by atoms with Crippen molar-refractivity contribution in [2.75, 3.05) is 26.2 Å². The number of nitrogens with one attached hydrogen (secondary N) is 2. The smallest absolute Gasteiger partial charge is 0.248 e. The molecule has 0 bridgehead atoms. The summed E-state index contributed by atoms with van der Waals surface area (Å²) in [5.41, 5.74) is 2.45. The molecule has 2 fully saturated rings. The highest BCUT2D eigenvalue weighted by atomic mass is 16.5. The van der Waals surface area contributed by atoms with Gasteiger partial charge in [0.25, 0.3) is 0 Å². The molecular formula is C19H25N3O2. The maximum absolute atomic E-state index is 11.6. The molecular weight excluding hydrogens is 302 g/mol. The van der Waals surface area contributed by atoms with Crippen LogP contribution in [0.4, 0.5) is 0 Å². The predicted octanol–water partition coefficient (Wildman–Crippen LogP) is 2.08. The number of benzene rings is 1. The van der Waals surface area contributed by atoms with Crippen LogP contribution in [0.5, 0.6) is 0 Å². The summed E-state index contributed by atoms with van der Waals surface area (Å²) in [6, 6.07) is 8.47. The number of para-hydroxylation sites is 1. The van der Waals surface area contributed by atoms with Crippen molar-refractivity contribution in [3.63, 3.8) is 0 Å². The van der Waals surface area contributed by atoms with Gasteiger partial charge in [-0.25, -0.2) is 0 Å². The molecule has 3 heterocycles. The Balaban J connectivity index is 1.33. The van der Waals surface area contributed by atoms with Gasteiger partial charge >= 0.3 is 0 Å². The number of carbonyl (C=O) groups is 1. The van der Waals surface area contributed by atoms with Gasteiger partial charge in [-0.05, 0) is 37.8 Å². The first kappa shape index (κ1) is 15.7. The van der Waals surface area contributed by atoms with Crippen LogP contribution in [0.25, 0.3) is 10.9 Å². The molecule has 24 heavy (non-hydrogen) atoms. The summed E-state index contributed by atoms with van der Waals surface area (Å²) in [5, 5.41) is 4.33. The monoisotopic (exact) mass is 327 g/mol. The van der Waals surface area contributed by atoms with E-state index < -0.39 is 0 Å². The van der Waals surface area contributed by atoms with E-state index in [4.69, 9.17) is 4.74 Å². The van der Waals surface area contributed by atoms with Crippen LogP contribution in [-0.2, 0) is 16.0 Å². The molecule has 5 heteroatoms. The van der Waals surface area contributed by atoms with Crippen LogP contribution in [0.2, 0.25) is 0 Å². The minimum Gasteiger partial charge on any atom is -0.361 e. The topological polar surface area (TPSA) is 57.4 Å². The van der Waals surface area contributed by atoms with E-state index in [-0.39, 0.29) is 17.6 Å². The van der Waals surface area contributed by atoms with Crippen LogP contribution in [0.15, 0.2) is 30.5 Å². The van der Waals surface area contributed by atoms with E-state index in [9.17, 15) is 4.79 Å². The van der Waals surface area contributed by atoms with Crippen LogP contribution in [-0.4, -0.2) is 53.7 Å². The number of aromatic nitrogens is 1. The Bertz CT molecular complexity index is 731. The number of morpholine rings is 1. The van der Waals surface area contributed by atoms with E-state index in [1.165, 1.54) is 16.5 Å². The highest BCUT2D eigenvalue weighted by Gasteiger charge is 2.41. The fourth-order valence-electron chi connectivity index (χ4n) is 3.96. The second kappa shape index (κ2) is 6.22. The molecule has 5 nitrogen and oxygen atoms in total. The van der Waals surface area contributed by atoms with Crippen LogP contribution in [0.3, 0.4) is 0 Å². The van der Waals surface area contributed by atoms with E-state index in [1.54, 1.807) is 0 Å². The molecule has 1 amide bonds. The average molecular weight is 327 g/mol. The molecule has 2 aliphatic heterocycles. The minimum atomic E-state index is -0.323. The van der Waals surface area contributed by atoms with Gasteiger partial charge in [0.15, 0.2) is 0 Å². The second-order valence-corrected chi connectivity index (χ2v) is 7.11. The van der Waals surface area contributed by atoms with Crippen molar-refractivity contribution in [3.8, 4) is 0 Å². The van der Waals surface area contributed by atoms with Gasteiger partial charge in [-0.1, -0.05) is 18.2 Å². The van der Waals surface area contributed by atoms with Crippen molar-refractivity contribution in [1.82, 2.24) is 15.2 Å². The molecule has 4 rings (SSSR count).